The maximum Gasteiger partial charge on any atom is 0.281 e. The minimum atomic E-state index is -0.506. The number of aromatic nitrogens is 2. The van der Waals surface area contributed by atoms with Crippen molar-refractivity contribution in [1.82, 2.24) is 9.38 Å². The van der Waals surface area contributed by atoms with E-state index in [4.69, 9.17) is 9.47 Å². The molecule has 0 saturated heterocycles. The summed E-state index contributed by atoms with van der Waals surface area (Å²) in [6, 6.07) is 8.63. The van der Waals surface area contributed by atoms with Crippen LogP contribution < -0.4 is 20.3 Å². The molecule has 1 aromatic carbocycles. The first-order valence-electron chi connectivity index (χ1n) is 7.98. The van der Waals surface area contributed by atoms with Crippen LogP contribution in [0, 0.1) is 13.8 Å². The maximum absolute atomic E-state index is 12.8. The molecule has 26 heavy (non-hydrogen) atoms. The zero-order valence-corrected chi connectivity index (χ0v) is 15.0. The molecule has 0 aliphatic rings. The monoisotopic (exact) mass is 353 g/mol. The molecule has 2 heterocycles. The van der Waals surface area contributed by atoms with Crippen LogP contribution in [0.4, 0.5) is 5.69 Å². The average Bonchev–Trinajstić information content (AvgIpc) is 2.63. The number of hydrogen-bond acceptors (Lipinski definition) is 5. The highest BCUT2D eigenvalue weighted by Gasteiger charge is 2.21. The second-order valence-electron chi connectivity index (χ2n) is 5.80. The first-order valence-corrected chi connectivity index (χ1v) is 7.98. The Morgan fingerprint density at radius 3 is 2.38 bits per heavy atom. The SMILES string of the molecule is COc1cccc(OC)c1C(=O)Nc1c(C)nc2cc(C)ccn2c1=O. The van der Waals surface area contributed by atoms with Gasteiger partial charge in [0.1, 0.15) is 28.4 Å². The number of carbonyl (C=O) groups excluding carboxylic acids is 1. The van der Waals surface area contributed by atoms with Gasteiger partial charge in [-0.05, 0) is 43.7 Å². The Bertz CT molecular complexity index is 1030. The molecule has 0 fully saturated rings. The molecule has 0 bridgehead atoms. The van der Waals surface area contributed by atoms with Gasteiger partial charge < -0.3 is 14.8 Å². The third-order valence-corrected chi connectivity index (χ3v) is 4.06. The number of methoxy groups -OCH3 is 2. The Kier molecular flexibility index (Phi) is 4.62. The Hall–Kier alpha value is -3.35. The van der Waals surface area contributed by atoms with Crippen LogP contribution >= 0.6 is 0 Å². The number of ether oxygens (including phenoxy) is 2. The highest BCUT2D eigenvalue weighted by Crippen LogP contribution is 2.29. The van der Waals surface area contributed by atoms with Crippen LogP contribution in [0.15, 0.2) is 41.3 Å². The highest BCUT2D eigenvalue weighted by molar-refractivity contribution is 6.08. The highest BCUT2D eigenvalue weighted by atomic mass is 16.5. The third kappa shape index (κ3) is 2.99. The van der Waals surface area contributed by atoms with Gasteiger partial charge in [-0.3, -0.25) is 14.0 Å². The minimum Gasteiger partial charge on any atom is -0.496 e. The van der Waals surface area contributed by atoms with Crippen molar-refractivity contribution in [2.75, 3.05) is 19.5 Å². The molecule has 134 valence electrons. The fraction of sp³-hybridized carbons (Fsp3) is 0.211. The van der Waals surface area contributed by atoms with Crippen LogP contribution in [-0.2, 0) is 0 Å². The van der Waals surface area contributed by atoms with Crippen molar-refractivity contribution in [2.24, 2.45) is 0 Å². The van der Waals surface area contributed by atoms with Crippen LogP contribution in [0.2, 0.25) is 0 Å². The zero-order valence-electron chi connectivity index (χ0n) is 15.0. The van der Waals surface area contributed by atoms with E-state index in [0.29, 0.717) is 22.8 Å². The lowest BCUT2D eigenvalue weighted by molar-refractivity contribution is 0.102. The Morgan fingerprint density at radius 2 is 1.77 bits per heavy atom. The van der Waals surface area contributed by atoms with Gasteiger partial charge in [-0.25, -0.2) is 4.98 Å². The maximum atomic E-state index is 12.8. The van der Waals surface area contributed by atoms with Crippen LogP contribution in [0.5, 0.6) is 11.5 Å². The Labute approximate surface area is 150 Å². The molecule has 0 radical (unpaired) electrons. The lowest BCUT2D eigenvalue weighted by Crippen LogP contribution is -2.25. The fourth-order valence-electron chi connectivity index (χ4n) is 2.75. The van der Waals surface area contributed by atoms with Crippen LogP contribution in [0.3, 0.4) is 0 Å². The summed E-state index contributed by atoms with van der Waals surface area (Å²) in [5.41, 5.74) is 1.93. The molecule has 7 heteroatoms. The zero-order chi connectivity index (χ0) is 18.8. The number of amides is 1. The molecule has 3 aromatic rings. The number of carbonyl (C=O) groups is 1. The number of pyridine rings is 1. The molecule has 0 aliphatic carbocycles. The molecule has 3 rings (SSSR count). The van der Waals surface area contributed by atoms with Gasteiger partial charge in [0.05, 0.1) is 19.9 Å². The summed E-state index contributed by atoms with van der Waals surface area (Å²) in [6.07, 6.45) is 1.64. The van der Waals surface area contributed by atoms with Crippen molar-refractivity contribution in [3.05, 3.63) is 63.7 Å². The van der Waals surface area contributed by atoms with E-state index in [9.17, 15) is 9.59 Å². The van der Waals surface area contributed by atoms with Gasteiger partial charge in [0.2, 0.25) is 0 Å². The molecule has 0 aliphatic heterocycles. The van der Waals surface area contributed by atoms with Crippen molar-refractivity contribution in [3.63, 3.8) is 0 Å². The molecule has 7 nitrogen and oxygen atoms in total. The molecular formula is C19H19N3O4. The number of rotatable bonds is 4. The molecular weight excluding hydrogens is 334 g/mol. The normalized spacial score (nSPS) is 10.6. The summed E-state index contributed by atoms with van der Waals surface area (Å²) in [5.74, 6) is 0.196. The van der Waals surface area contributed by atoms with E-state index in [2.05, 4.69) is 10.3 Å². The van der Waals surface area contributed by atoms with Crippen molar-refractivity contribution in [2.45, 2.75) is 13.8 Å². The topological polar surface area (TPSA) is 81.9 Å². The van der Waals surface area contributed by atoms with Gasteiger partial charge in [-0.2, -0.15) is 0 Å². The molecule has 1 N–H and O–H groups in total. The lowest BCUT2D eigenvalue weighted by atomic mass is 10.1. The minimum absolute atomic E-state index is 0.115. The summed E-state index contributed by atoms with van der Waals surface area (Å²) in [4.78, 5) is 30.0. The standard InChI is InChI=1S/C19H19N3O4/c1-11-8-9-22-15(10-11)20-12(2)17(19(22)24)21-18(23)16-13(25-3)6-5-7-14(16)26-4/h5-10H,1-4H3,(H,21,23). The number of fused-ring (bicyclic) bond motifs is 1. The molecule has 0 spiro atoms. The van der Waals surface area contributed by atoms with Gasteiger partial charge in [0.15, 0.2) is 0 Å². The smallest absolute Gasteiger partial charge is 0.281 e. The Balaban J connectivity index is 2.09. The molecule has 0 saturated carbocycles. The lowest BCUT2D eigenvalue weighted by Gasteiger charge is -2.14. The van der Waals surface area contributed by atoms with Gasteiger partial charge in [0.25, 0.3) is 11.5 Å². The second kappa shape index (κ2) is 6.87. The Morgan fingerprint density at radius 1 is 1.12 bits per heavy atom. The van der Waals surface area contributed by atoms with Crippen LogP contribution in [0.1, 0.15) is 21.6 Å². The van der Waals surface area contributed by atoms with E-state index in [1.165, 1.54) is 18.6 Å². The number of nitrogens with zero attached hydrogens (tertiary/aromatic N) is 2. The molecule has 0 unspecified atom stereocenters. The number of anilines is 1. The summed E-state index contributed by atoms with van der Waals surface area (Å²) >= 11 is 0. The van der Waals surface area contributed by atoms with Crippen LogP contribution in [-0.4, -0.2) is 29.5 Å². The van der Waals surface area contributed by atoms with Crippen molar-refractivity contribution < 1.29 is 14.3 Å². The van der Waals surface area contributed by atoms with Gasteiger partial charge in [-0.1, -0.05) is 6.07 Å². The average molecular weight is 353 g/mol. The second-order valence-corrected chi connectivity index (χ2v) is 5.80. The number of hydrogen-bond donors (Lipinski definition) is 1. The van der Waals surface area contributed by atoms with Crippen molar-refractivity contribution >= 4 is 17.2 Å². The number of benzene rings is 1. The summed E-state index contributed by atoms with van der Waals surface area (Å²) < 4.78 is 11.9. The van der Waals surface area contributed by atoms with E-state index >= 15 is 0 Å². The first kappa shape index (κ1) is 17.5. The molecule has 0 atom stereocenters. The van der Waals surface area contributed by atoms with E-state index in [0.717, 1.165) is 5.56 Å². The van der Waals surface area contributed by atoms with Gasteiger partial charge in [-0.15, -0.1) is 0 Å². The summed E-state index contributed by atoms with van der Waals surface area (Å²) in [6.45, 7) is 3.60. The van der Waals surface area contributed by atoms with E-state index in [1.807, 2.05) is 13.0 Å². The van der Waals surface area contributed by atoms with E-state index in [1.54, 1.807) is 37.4 Å². The first-order chi connectivity index (χ1) is 12.5. The number of aryl methyl sites for hydroxylation is 2. The largest absolute Gasteiger partial charge is 0.496 e. The van der Waals surface area contributed by atoms with Gasteiger partial charge >= 0.3 is 0 Å². The molecule has 1 amide bonds. The summed E-state index contributed by atoms with van der Waals surface area (Å²) in [7, 11) is 2.93. The van der Waals surface area contributed by atoms with Crippen molar-refractivity contribution in [1.29, 1.82) is 0 Å². The van der Waals surface area contributed by atoms with Crippen molar-refractivity contribution in [3.8, 4) is 11.5 Å². The molecule has 2 aromatic heterocycles. The quantitative estimate of drug-likeness (QED) is 0.780. The van der Waals surface area contributed by atoms with Gasteiger partial charge in [0, 0.05) is 6.20 Å². The third-order valence-electron chi connectivity index (χ3n) is 4.06. The van der Waals surface area contributed by atoms with E-state index < -0.39 is 5.91 Å². The predicted octanol–water partition coefficient (Wildman–Crippen LogP) is 2.58. The van der Waals surface area contributed by atoms with E-state index in [-0.39, 0.29) is 16.8 Å². The summed E-state index contributed by atoms with van der Waals surface area (Å²) in [5, 5.41) is 2.66. The predicted molar refractivity (Wildman–Crippen MR) is 98.4 cm³/mol. The fourth-order valence-corrected chi connectivity index (χ4v) is 2.75. The number of nitrogens with one attached hydrogen (secondary N) is 1. The van der Waals surface area contributed by atoms with Crippen LogP contribution in [0.25, 0.3) is 5.65 Å².